The van der Waals surface area contributed by atoms with Crippen LogP contribution in [0, 0.1) is 0 Å². The number of sulfone groups is 1. The number of hydrogen-bond acceptors (Lipinski definition) is 7. The Morgan fingerprint density at radius 3 is 2.65 bits per heavy atom. The topological polar surface area (TPSA) is 89.5 Å². The van der Waals surface area contributed by atoms with Crippen molar-refractivity contribution in [3.8, 4) is 5.75 Å². The molecule has 1 atom stereocenters. The molecule has 1 saturated heterocycles. The smallest absolute Gasteiger partial charge is 0.274 e. The maximum absolute atomic E-state index is 13.5. The third kappa shape index (κ3) is 6.33. The predicted octanol–water partition coefficient (Wildman–Crippen LogP) is 3.86. The molecule has 1 aliphatic heterocycles. The number of halogens is 1. The molecule has 1 aromatic heterocycles. The Bertz CT molecular complexity index is 1020. The van der Waals surface area contributed by atoms with Gasteiger partial charge in [0.2, 0.25) is 0 Å². The molecule has 0 N–H and O–H groups in total. The second-order valence-corrected chi connectivity index (χ2v) is 11.1. The van der Waals surface area contributed by atoms with Crippen molar-refractivity contribution in [2.24, 2.45) is 0 Å². The highest BCUT2D eigenvalue weighted by molar-refractivity contribution is 7.99. The molecule has 0 spiro atoms. The molecular weight excluding hydrogens is 458 g/mol. The average molecular weight is 484 g/mol. The molecule has 1 aliphatic rings. The van der Waals surface area contributed by atoms with Gasteiger partial charge in [-0.2, -0.15) is 0 Å². The lowest BCUT2D eigenvalue weighted by Gasteiger charge is -2.28. The van der Waals surface area contributed by atoms with Crippen LogP contribution in [-0.4, -0.2) is 59.1 Å². The Balaban J connectivity index is 1.88. The number of hydrogen-bond donors (Lipinski definition) is 0. The first-order valence-electron chi connectivity index (χ1n) is 10.2. The molecule has 1 aromatic carbocycles. The number of thioether (sulfide) groups is 1. The average Bonchev–Trinajstić information content (AvgIpc) is 3.11. The molecule has 3 rings (SSSR count). The number of nitrogens with zero attached hydrogens (tertiary/aromatic N) is 3. The molecule has 31 heavy (non-hydrogen) atoms. The van der Waals surface area contributed by atoms with Crippen LogP contribution in [0.2, 0.25) is 5.02 Å². The molecule has 10 heteroatoms. The van der Waals surface area contributed by atoms with Gasteiger partial charge in [0, 0.05) is 12.6 Å². The predicted molar refractivity (Wildman–Crippen MR) is 123 cm³/mol. The molecular formula is C21H26ClN3O4S2. The minimum atomic E-state index is -3.18. The lowest BCUT2D eigenvalue weighted by Crippen LogP contribution is -2.41. The van der Waals surface area contributed by atoms with E-state index in [1.165, 1.54) is 18.0 Å². The van der Waals surface area contributed by atoms with Gasteiger partial charge < -0.3 is 9.64 Å². The minimum Gasteiger partial charge on any atom is -0.494 e. The molecule has 0 saturated carbocycles. The zero-order chi connectivity index (χ0) is 22.4. The summed E-state index contributed by atoms with van der Waals surface area (Å²) >= 11 is 7.66. The third-order valence-corrected chi connectivity index (χ3v) is 7.63. The van der Waals surface area contributed by atoms with Crippen LogP contribution in [0.1, 0.15) is 42.7 Å². The fourth-order valence-corrected chi connectivity index (χ4v) is 5.78. The van der Waals surface area contributed by atoms with Gasteiger partial charge in [0.1, 0.15) is 5.75 Å². The number of carbonyl (C=O) groups is 1. The molecule has 0 aliphatic carbocycles. The van der Waals surface area contributed by atoms with Gasteiger partial charge in [0.15, 0.2) is 20.7 Å². The van der Waals surface area contributed by atoms with E-state index >= 15 is 0 Å². The molecule has 1 fully saturated rings. The van der Waals surface area contributed by atoms with E-state index in [-0.39, 0.29) is 28.8 Å². The van der Waals surface area contributed by atoms with Crippen LogP contribution in [-0.2, 0) is 16.4 Å². The van der Waals surface area contributed by atoms with Crippen molar-refractivity contribution in [1.29, 1.82) is 0 Å². The van der Waals surface area contributed by atoms with Gasteiger partial charge in [0.25, 0.3) is 5.91 Å². The number of rotatable bonds is 9. The second-order valence-electron chi connectivity index (χ2n) is 7.26. The highest BCUT2D eigenvalue weighted by Crippen LogP contribution is 2.26. The van der Waals surface area contributed by atoms with Gasteiger partial charge in [-0.05, 0) is 36.3 Å². The van der Waals surface area contributed by atoms with Crippen LogP contribution < -0.4 is 4.74 Å². The van der Waals surface area contributed by atoms with Gasteiger partial charge in [-0.15, -0.1) is 0 Å². The SMILES string of the molecule is CCCOc1ccc(CN(C(=O)c2nc(SCC)ncc2Cl)[C@H]2CCS(=O)(=O)C2)cc1. The summed E-state index contributed by atoms with van der Waals surface area (Å²) in [7, 11) is -3.18. The summed E-state index contributed by atoms with van der Waals surface area (Å²) in [6, 6.07) is 7.05. The summed E-state index contributed by atoms with van der Waals surface area (Å²) in [6.45, 7) is 4.89. The van der Waals surface area contributed by atoms with Crippen molar-refractivity contribution in [2.45, 2.75) is 44.4 Å². The Hall–Kier alpha value is -1.84. The van der Waals surface area contributed by atoms with Gasteiger partial charge in [0.05, 0.1) is 29.3 Å². The molecule has 0 radical (unpaired) electrons. The minimum absolute atomic E-state index is 0.0598. The Morgan fingerprint density at radius 2 is 2.03 bits per heavy atom. The molecule has 2 heterocycles. The fraction of sp³-hybridized carbons (Fsp3) is 0.476. The first-order chi connectivity index (χ1) is 14.8. The summed E-state index contributed by atoms with van der Waals surface area (Å²) in [5.41, 5.74) is 0.967. The maximum Gasteiger partial charge on any atom is 0.274 e. The van der Waals surface area contributed by atoms with Gasteiger partial charge >= 0.3 is 0 Å². The van der Waals surface area contributed by atoms with E-state index in [9.17, 15) is 13.2 Å². The highest BCUT2D eigenvalue weighted by Gasteiger charge is 2.36. The first-order valence-corrected chi connectivity index (χ1v) is 13.4. The van der Waals surface area contributed by atoms with Crippen LogP contribution >= 0.6 is 23.4 Å². The Morgan fingerprint density at radius 1 is 1.29 bits per heavy atom. The summed E-state index contributed by atoms with van der Waals surface area (Å²) in [6.07, 6.45) is 2.73. The molecule has 0 unspecified atom stereocenters. The summed E-state index contributed by atoms with van der Waals surface area (Å²) in [4.78, 5) is 23.5. The number of carbonyl (C=O) groups excluding carboxylic acids is 1. The molecule has 2 aromatic rings. The summed E-state index contributed by atoms with van der Waals surface area (Å²) in [5.74, 6) is 1.13. The van der Waals surface area contributed by atoms with Gasteiger partial charge in [-0.1, -0.05) is 49.3 Å². The van der Waals surface area contributed by atoms with Crippen LogP contribution in [0.3, 0.4) is 0 Å². The standard InChI is InChI=1S/C21H26ClN3O4S2/c1-3-10-29-17-7-5-15(6-8-17)13-25(16-9-11-31(27,28)14-16)20(26)19-18(22)12-23-21(24-19)30-4-2/h5-8,12,16H,3-4,9-11,13-14H2,1-2H3/t16-/m0/s1. The zero-order valence-corrected chi connectivity index (χ0v) is 20.0. The number of amides is 1. The van der Waals surface area contributed by atoms with E-state index in [0.29, 0.717) is 18.2 Å². The monoisotopic (exact) mass is 483 g/mol. The molecule has 7 nitrogen and oxygen atoms in total. The molecule has 1 amide bonds. The number of aromatic nitrogens is 2. The van der Waals surface area contributed by atoms with Crippen LogP contribution in [0.25, 0.3) is 0 Å². The van der Waals surface area contributed by atoms with E-state index in [1.54, 1.807) is 4.90 Å². The second kappa shape index (κ2) is 10.7. The van der Waals surface area contributed by atoms with Crippen LogP contribution in [0.15, 0.2) is 35.6 Å². The third-order valence-electron chi connectivity index (χ3n) is 4.86. The fourth-order valence-electron chi connectivity index (χ4n) is 3.33. The number of ether oxygens (including phenoxy) is 1. The maximum atomic E-state index is 13.5. The van der Waals surface area contributed by atoms with Crippen LogP contribution in [0.5, 0.6) is 5.75 Å². The van der Waals surface area contributed by atoms with Crippen molar-refractivity contribution in [1.82, 2.24) is 14.9 Å². The van der Waals surface area contributed by atoms with E-state index in [1.807, 2.05) is 38.1 Å². The lowest BCUT2D eigenvalue weighted by atomic mass is 10.1. The normalized spacial score (nSPS) is 17.5. The summed E-state index contributed by atoms with van der Waals surface area (Å²) < 4.78 is 29.8. The molecule has 0 bridgehead atoms. The zero-order valence-electron chi connectivity index (χ0n) is 17.6. The van der Waals surface area contributed by atoms with Gasteiger partial charge in [-0.3, -0.25) is 4.79 Å². The van der Waals surface area contributed by atoms with Crippen molar-refractivity contribution >= 4 is 39.1 Å². The van der Waals surface area contributed by atoms with E-state index in [2.05, 4.69) is 9.97 Å². The van der Waals surface area contributed by atoms with Gasteiger partial charge in [-0.25, -0.2) is 18.4 Å². The molecule has 168 valence electrons. The lowest BCUT2D eigenvalue weighted by molar-refractivity contribution is 0.0674. The van der Waals surface area contributed by atoms with Crippen molar-refractivity contribution < 1.29 is 17.9 Å². The van der Waals surface area contributed by atoms with Crippen molar-refractivity contribution in [3.63, 3.8) is 0 Å². The number of benzene rings is 1. The van der Waals surface area contributed by atoms with Crippen LogP contribution in [0.4, 0.5) is 0 Å². The van der Waals surface area contributed by atoms with Crippen molar-refractivity contribution in [3.05, 3.63) is 46.7 Å². The first kappa shape index (κ1) is 23.8. The van der Waals surface area contributed by atoms with Crippen molar-refractivity contribution in [2.75, 3.05) is 23.9 Å². The Kier molecular flexibility index (Phi) is 8.18. The van der Waals surface area contributed by atoms with E-state index < -0.39 is 21.8 Å². The summed E-state index contributed by atoms with van der Waals surface area (Å²) in [5, 5.41) is 0.617. The Labute approximate surface area is 192 Å². The van der Waals surface area contributed by atoms with E-state index in [4.69, 9.17) is 16.3 Å². The largest absolute Gasteiger partial charge is 0.494 e. The van der Waals surface area contributed by atoms with E-state index in [0.717, 1.165) is 23.5 Å². The quantitative estimate of drug-likeness (QED) is 0.395. The highest BCUT2D eigenvalue weighted by atomic mass is 35.5.